The topological polar surface area (TPSA) is 165 Å². The number of pyridine rings is 1. The number of amides is 2. The minimum Gasteiger partial charge on any atom is -0.359 e. The first kappa shape index (κ1) is 38.0. The van der Waals surface area contributed by atoms with Gasteiger partial charge in [0.1, 0.15) is 21.1 Å². The Morgan fingerprint density at radius 2 is 1.23 bits per heavy atom. The van der Waals surface area contributed by atoms with E-state index in [9.17, 15) is 39.6 Å². The lowest BCUT2D eigenvalue weighted by atomic mass is 9.93. The maximum atomic E-state index is 12.6. The molecular weight excluding hydrogens is 613 g/mol. The second-order valence-electron chi connectivity index (χ2n) is 11.8. The van der Waals surface area contributed by atoms with E-state index in [1.54, 1.807) is 19.9 Å². The van der Waals surface area contributed by atoms with Gasteiger partial charge in [0.25, 0.3) is 0 Å². The predicted octanol–water partition coefficient (Wildman–Crippen LogP) is 5.16. The van der Waals surface area contributed by atoms with Gasteiger partial charge in [0.2, 0.25) is 11.8 Å². The zero-order valence-electron chi connectivity index (χ0n) is 25.8. The highest BCUT2D eigenvalue weighted by atomic mass is 32.2. The van der Waals surface area contributed by atoms with Crippen LogP contribution in [-0.4, -0.2) is 59.8 Å². The molecule has 0 saturated carbocycles. The fraction of sp³-hybridized carbons (Fsp3) is 0.630. The quantitative estimate of drug-likeness (QED) is 0.352. The number of rotatable bonds is 10. The van der Waals surface area contributed by atoms with E-state index >= 15 is 0 Å². The van der Waals surface area contributed by atoms with Gasteiger partial charge in [-0.15, -0.1) is 0 Å². The maximum Gasteiger partial charge on any atom is 0.416 e. The number of hydrogen-bond donors (Lipinski definition) is 2. The van der Waals surface area contributed by atoms with Crippen LogP contribution >= 0.6 is 0 Å². The van der Waals surface area contributed by atoms with Crippen molar-refractivity contribution in [3.8, 4) is 0 Å². The SMILES string of the molecule is CCCS(=O)(=O)C(C)(C)C(=O)Nc1cc(C(C)(C)C)on1.CCCS(=O)(=O)C(C)(C)C(=O)Nc1cc(C(F)(F)F)ccn1. The van der Waals surface area contributed by atoms with Crippen LogP contribution in [0.15, 0.2) is 28.9 Å². The normalized spacial score (nSPS) is 13.1. The highest BCUT2D eigenvalue weighted by Crippen LogP contribution is 2.30. The summed E-state index contributed by atoms with van der Waals surface area (Å²) in [5.41, 5.74) is -1.22. The standard InChI is InChI=1S/C14H24N2O4S.C13H17F3N2O3S/c1-7-8-21(18,19)14(5,6)12(17)15-11-9-10(20-16-11)13(2,3)4;1-4-7-22(20,21)12(2,3)11(19)18-10-8-9(5-6-17-10)13(14,15)16/h9H,7-8H2,1-6H3,(H,15,16,17);5-6,8H,4,7H2,1-3H3,(H,17,18,19). The van der Waals surface area contributed by atoms with Gasteiger partial charge in [0.15, 0.2) is 25.5 Å². The third kappa shape index (κ3) is 9.74. The smallest absolute Gasteiger partial charge is 0.359 e. The molecule has 0 saturated heterocycles. The molecule has 2 heterocycles. The number of aromatic nitrogens is 2. The highest BCUT2D eigenvalue weighted by Gasteiger charge is 2.42. The van der Waals surface area contributed by atoms with Crippen molar-refractivity contribution in [3.63, 3.8) is 0 Å². The Balaban J connectivity index is 0.000000430. The summed E-state index contributed by atoms with van der Waals surface area (Å²) in [6.07, 6.45) is -2.88. The Labute approximate surface area is 251 Å². The van der Waals surface area contributed by atoms with E-state index < -0.39 is 52.7 Å². The zero-order valence-corrected chi connectivity index (χ0v) is 27.5. The Hall–Kier alpha value is -3.01. The number of carbonyl (C=O) groups excluding carboxylic acids is 2. The first-order valence-corrected chi connectivity index (χ1v) is 16.7. The lowest BCUT2D eigenvalue weighted by Crippen LogP contribution is -2.45. The van der Waals surface area contributed by atoms with Crippen LogP contribution in [0.4, 0.5) is 24.8 Å². The Kier molecular flexibility index (Phi) is 12.1. The minimum atomic E-state index is -4.58. The fourth-order valence-corrected chi connectivity index (χ4v) is 5.99. The van der Waals surface area contributed by atoms with E-state index in [0.29, 0.717) is 24.7 Å². The van der Waals surface area contributed by atoms with Crippen LogP contribution in [0.3, 0.4) is 0 Å². The number of alkyl halides is 3. The van der Waals surface area contributed by atoms with Gasteiger partial charge in [-0.2, -0.15) is 13.2 Å². The van der Waals surface area contributed by atoms with Crippen molar-refractivity contribution in [1.82, 2.24) is 10.1 Å². The van der Waals surface area contributed by atoms with E-state index in [1.807, 2.05) is 20.8 Å². The molecule has 2 rings (SSSR count). The van der Waals surface area contributed by atoms with Crippen molar-refractivity contribution in [2.24, 2.45) is 0 Å². The molecule has 2 amide bonds. The van der Waals surface area contributed by atoms with E-state index in [1.165, 1.54) is 27.7 Å². The summed E-state index contributed by atoms with van der Waals surface area (Å²) in [4.78, 5) is 28.0. The van der Waals surface area contributed by atoms with Crippen LogP contribution in [0.5, 0.6) is 0 Å². The molecule has 0 unspecified atom stereocenters. The van der Waals surface area contributed by atoms with E-state index in [-0.39, 0.29) is 28.6 Å². The molecule has 2 N–H and O–H groups in total. The summed E-state index contributed by atoms with van der Waals surface area (Å²) in [7, 11) is -7.25. The number of nitrogens with one attached hydrogen (secondary N) is 2. The molecule has 2 aromatic heterocycles. The summed E-state index contributed by atoms with van der Waals surface area (Å²) in [5.74, 6) is -1.25. The van der Waals surface area contributed by atoms with Crippen LogP contribution in [0.25, 0.3) is 0 Å². The van der Waals surface area contributed by atoms with Crippen LogP contribution in [-0.2, 0) is 40.9 Å². The van der Waals surface area contributed by atoms with Crippen molar-refractivity contribution in [2.45, 2.75) is 96.2 Å². The summed E-state index contributed by atoms with van der Waals surface area (Å²) >= 11 is 0. The number of hydrogen-bond acceptors (Lipinski definition) is 9. The lowest BCUT2D eigenvalue weighted by Gasteiger charge is -2.23. The van der Waals surface area contributed by atoms with Crippen molar-refractivity contribution in [3.05, 3.63) is 35.7 Å². The van der Waals surface area contributed by atoms with E-state index in [2.05, 4.69) is 20.8 Å². The van der Waals surface area contributed by atoms with Gasteiger partial charge >= 0.3 is 6.18 Å². The first-order valence-electron chi connectivity index (χ1n) is 13.4. The Morgan fingerprint density at radius 3 is 1.60 bits per heavy atom. The number of sulfone groups is 2. The van der Waals surface area contributed by atoms with E-state index in [4.69, 9.17) is 4.52 Å². The lowest BCUT2D eigenvalue weighted by molar-refractivity contribution is -0.137. The average molecular weight is 655 g/mol. The molecule has 0 aliphatic carbocycles. The Bertz CT molecular complexity index is 1490. The largest absolute Gasteiger partial charge is 0.416 e. The molecule has 0 aromatic carbocycles. The molecule has 2 aromatic rings. The Morgan fingerprint density at radius 1 is 0.791 bits per heavy atom. The number of carbonyl (C=O) groups is 2. The molecule has 0 spiro atoms. The third-order valence-electron chi connectivity index (χ3n) is 6.41. The van der Waals surface area contributed by atoms with Crippen molar-refractivity contribution >= 4 is 43.1 Å². The average Bonchev–Trinajstić information content (AvgIpc) is 3.33. The molecule has 0 bridgehead atoms. The number of halogens is 3. The van der Waals surface area contributed by atoms with Gasteiger partial charge in [-0.1, -0.05) is 39.8 Å². The van der Waals surface area contributed by atoms with E-state index in [0.717, 1.165) is 12.3 Å². The van der Waals surface area contributed by atoms with Crippen LogP contribution in [0, 0.1) is 0 Å². The van der Waals surface area contributed by atoms with Gasteiger partial charge < -0.3 is 15.2 Å². The number of nitrogens with zero attached hydrogens (tertiary/aromatic N) is 2. The molecule has 0 atom stereocenters. The molecule has 0 aliphatic heterocycles. The van der Waals surface area contributed by atoms with Crippen LogP contribution in [0.1, 0.15) is 86.5 Å². The highest BCUT2D eigenvalue weighted by molar-refractivity contribution is 7.93. The molecule has 43 heavy (non-hydrogen) atoms. The van der Waals surface area contributed by atoms with Gasteiger partial charge in [-0.25, -0.2) is 21.8 Å². The maximum absolute atomic E-state index is 12.6. The minimum absolute atomic E-state index is 0.0283. The second kappa shape index (κ2) is 13.7. The van der Waals surface area contributed by atoms with Crippen LogP contribution < -0.4 is 10.6 Å². The van der Waals surface area contributed by atoms with Crippen LogP contribution in [0.2, 0.25) is 0 Å². The summed E-state index contributed by atoms with van der Waals surface area (Å²) < 4.78 is 88.0. The van der Waals surface area contributed by atoms with Gasteiger partial charge in [-0.05, 0) is 52.7 Å². The van der Waals surface area contributed by atoms with Gasteiger partial charge in [0.05, 0.1) is 17.1 Å². The first-order chi connectivity index (χ1) is 19.3. The molecule has 16 heteroatoms. The van der Waals surface area contributed by atoms with Gasteiger partial charge in [-0.3, -0.25) is 9.59 Å². The molecule has 11 nitrogen and oxygen atoms in total. The third-order valence-corrected chi connectivity index (χ3v) is 11.8. The molecule has 0 fully saturated rings. The molecule has 0 aliphatic rings. The summed E-state index contributed by atoms with van der Waals surface area (Å²) in [6, 6.07) is 3.02. The van der Waals surface area contributed by atoms with Gasteiger partial charge in [0, 0.05) is 17.7 Å². The second-order valence-corrected chi connectivity index (χ2v) is 17.1. The number of anilines is 2. The van der Waals surface area contributed by atoms with Crippen molar-refractivity contribution in [2.75, 3.05) is 22.1 Å². The fourth-order valence-electron chi connectivity index (χ4n) is 3.23. The van der Waals surface area contributed by atoms with Crippen molar-refractivity contribution < 1.29 is 44.1 Å². The zero-order chi connectivity index (χ0) is 33.7. The molecule has 244 valence electrons. The monoisotopic (exact) mass is 654 g/mol. The summed E-state index contributed by atoms with van der Waals surface area (Å²) in [5, 5.41) is 8.41. The summed E-state index contributed by atoms with van der Waals surface area (Å²) in [6.45, 7) is 14.5. The van der Waals surface area contributed by atoms with Crippen molar-refractivity contribution in [1.29, 1.82) is 0 Å². The predicted molar refractivity (Wildman–Crippen MR) is 158 cm³/mol. The molecule has 0 radical (unpaired) electrons. The molecular formula is C27H41F3N4O7S2.